The predicted molar refractivity (Wildman–Crippen MR) is 43.3 cm³/mol. The standard InChI is InChI=1S/C8H17NO2/c1-2-7-5-8(9,6-10)3-4-11-7/h7,10H,2-6,9H2,1H3. The quantitative estimate of drug-likeness (QED) is 0.608. The highest BCUT2D eigenvalue weighted by molar-refractivity contribution is 4.89. The fourth-order valence-corrected chi connectivity index (χ4v) is 1.45. The van der Waals surface area contributed by atoms with Crippen molar-refractivity contribution in [3.05, 3.63) is 0 Å². The van der Waals surface area contributed by atoms with Crippen LogP contribution in [0.15, 0.2) is 0 Å². The second-order valence-corrected chi connectivity index (χ2v) is 3.38. The number of hydrogen-bond acceptors (Lipinski definition) is 3. The van der Waals surface area contributed by atoms with Gasteiger partial charge in [0.25, 0.3) is 0 Å². The molecule has 0 aliphatic carbocycles. The summed E-state index contributed by atoms with van der Waals surface area (Å²) >= 11 is 0. The summed E-state index contributed by atoms with van der Waals surface area (Å²) in [7, 11) is 0. The van der Waals surface area contributed by atoms with E-state index in [2.05, 4.69) is 6.92 Å². The van der Waals surface area contributed by atoms with Gasteiger partial charge in [-0.05, 0) is 19.3 Å². The van der Waals surface area contributed by atoms with Crippen LogP contribution in [0.5, 0.6) is 0 Å². The lowest BCUT2D eigenvalue weighted by atomic mass is 9.88. The van der Waals surface area contributed by atoms with Gasteiger partial charge in [0.05, 0.1) is 12.7 Å². The van der Waals surface area contributed by atoms with E-state index in [0.29, 0.717) is 6.61 Å². The molecule has 3 heteroatoms. The molecule has 1 aliphatic rings. The maximum absolute atomic E-state index is 8.98. The maximum atomic E-state index is 8.98. The number of rotatable bonds is 2. The summed E-state index contributed by atoms with van der Waals surface area (Å²) in [5.74, 6) is 0. The van der Waals surface area contributed by atoms with Crippen molar-refractivity contribution in [2.24, 2.45) is 5.73 Å². The van der Waals surface area contributed by atoms with E-state index in [-0.39, 0.29) is 18.2 Å². The third-order valence-corrected chi connectivity index (χ3v) is 2.36. The van der Waals surface area contributed by atoms with E-state index in [1.807, 2.05) is 0 Å². The normalized spacial score (nSPS) is 39.0. The van der Waals surface area contributed by atoms with Gasteiger partial charge in [-0.1, -0.05) is 6.92 Å². The third kappa shape index (κ3) is 2.15. The summed E-state index contributed by atoms with van der Waals surface area (Å²) in [6.45, 7) is 2.84. The largest absolute Gasteiger partial charge is 0.394 e. The summed E-state index contributed by atoms with van der Waals surface area (Å²) in [4.78, 5) is 0. The first-order valence-electron chi connectivity index (χ1n) is 4.21. The number of hydrogen-bond donors (Lipinski definition) is 2. The minimum absolute atomic E-state index is 0.0762. The average Bonchev–Trinajstić information content (AvgIpc) is 2.05. The van der Waals surface area contributed by atoms with Crippen LogP contribution in [0.25, 0.3) is 0 Å². The predicted octanol–water partition coefficient (Wildman–Crippen LogP) is 0.265. The molecular weight excluding hydrogens is 142 g/mol. The number of aliphatic hydroxyl groups is 1. The molecule has 0 saturated carbocycles. The van der Waals surface area contributed by atoms with Crippen LogP contribution in [-0.2, 0) is 4.74 Å². The monoisotopic (exact) mass is 159 g/mol. The molecule has 1 rings (SSSR count). The van der Waals surface area contributed by atoms with Crippen LogP contribution >= 0.6 is 0 Å². The Labute approximate surface area is 67.5 Å². The maximum Gasteiger partial charge on any atom is 0.0613 e. The Morgan fingerprint density at radius 1 is 1.73 bits per heavy atom. The molecule has 0 aromatic carbocycles. The summed E-state index contributed by atoms with van der Waals surface area (Å²) in [5, 5.41) is 8.98. The number of ether oxygens (including phenoxy) is 1. The molecule has 0 radical (unpaired) electrons. The van der Waals surface area contributed by atoms with Gasteiger partial charge in [-0.15, -0.1) is 0 Å². The first-order valence-corrected chi connectivity index (χ1v) is 4.21. The topological polar surface area (TPSA) is 55.5 Å². The molecule has 11 heavy (non-hydrogen) atoms. The van der Waals surface area contributed by atoms with Crippen molar-refractivity contribution in [1.29, 1.82) is 0 Å². The first-order chi connectivity index (χ1) is 5.20. The van der Waals surface area contributed by atoms with E-state index < -0.39 is 0 Å². The van der Waals surface area contributed by atoms with Gasteiger partial charge in [-0.3, -0.25) is 0 Å². The summed E-state index contributed by atoms with van der Waals surface area (Å²) < 4.78 is 5.43. The van der Waals surface area contributed by atoms with Crippen LogP contribution in [0, 0.1) is 0 Å². The molecule has 0 bridgehead atoms. The van der Waals surface area contributed by atoms with Crippen molar-refractivity contribution >= 4 is 0 Å². The Morgan fingerprint density at radius 3 is 3.00 bits per heavy atom. The molecule has 0 amide bonds. The van der Waals surface area contributed by atoms with Crippen molar-refractivity contribution in [2.75, 3.05) is 13.2 Å². The van der Waals surface area contributed by atoms with E-state index in [1.165, 1.54) is 0 Å². The molecule has 2 atom stereocenters. The first kappa shape index (κ1) is 8.97. The minimum atomic E-state index is -0.376. The zero-order valence-corrected chi connectivity index (χ0v) is 7.05. The zero-order chi connectivity index (χ0) is 8.32. The second-order valence-electron chi connectivity index (χ2n) is 3.38. The van der Waals surface area contributed by atoms with Gasteiger partial charge >= 0.3 is 0 Å². The van der Waals surface area contributed by atoms with Crippen molar-refractivity contribution in [3.63, 3.8) is 0 Å². The molecule has 2 unspecified atom stereocenters. The lowest BCUT2D eigenvalue weighted by molar-refractivity contribution is -0.0336. The molecule has 66 valence electrons. The number of nitrogens with two attached hydrogens (primary N) is 1. The Balaban J connectivity index is 2.44. The highest BCUT2D eigenvalue weighted by Gasteiger charge is 2.31. The lowest BCUT2D eigenvalue weighted by Crippen LogP contribution is -2.50. The summed E-state index contributed by atoms with van der Waals surface area (Å²) in [5.41, 5.74) is 5.52. The molecular formula is C8H17NO2. The van der Waals surface area contributed by atoms with Gasteiger partial charge in [0.2, 0.25) is 0 Å². The molecule has 1 heterocycles. The highest BCUT2D eigenvalue weighted by atomic mass is 16.5. The van der Waals surface area contributed by atoms with E-state index in [0.717, 1.165) is 19.3 Å². The van der Waals surface area contributed by atoms with Gasteiger partial charge < -0.3 is 15.6 Å². The van der Waals surface area contributed by atoms with Crippen molar-refractivity contribution in [3.8, 4) is 0 Å². The molecule has 0 aromatic rings. The lowest BCUT2D eigenvalue weighted by Gasteiger charge is -2.36. The molecule has 3 N–H and O–H groups in total. The average molecular weight is 159 g/mol. The summed E-state index contributed by atoms with van der Waals surface area (Å²) in [6, 6.07) is 0. The van der Waals surface area contributed by atoms with Gasteiger partial charge in [-0.2, -0.15) is 0 Å². The van der Waals surface area contributed by atoms with Crippen molar-refractivity contribution in [2.45, 2.75) is 37.8 Å². The molecule has 0 aromatic heterocycles. The fourth-order valence-electron chi connectivity index (χ4n) is 1.45. The van der Waals surface area contributed by atoms with Crippen LogP contribution in [-0.4, -0.2) is 30.0 Å². The fraction of sp³-hybridized carbons (Fsp3) is 1.00. The molecule has 1 saturated heterocycles. The zero-order valence-electron chi connectivity index (χ0n) is 7.05. The number of aliphatic hydroxyl groups excluding tert-OH is 1. The van der Waals surface area contributed by atoms with Gasteiger partial charge in [0.1, 0.15) is 0 Å². The molecule has 1 fully saturated rings. The van der Waals surface area contributed by atoms with Crippen LogP contribution in [0.1, 0.15) is 26.2 Å². The van der Waals surface area contributed by atoms with E-state index in [9.17, 15) is 0 Å². The summed E-state index contributed by atoms with van der Waals surface area (Å²) in [6.07, 6.45) is 2.81. The van der Waals surface area contributed by atoms with Crippen LogP contribution in [0.2, 0.25) is 0 Å². The van der Waals surface area contributed by atoms with Crippen LogP contribution < -0.4 is 5.73 Å². The smallest absolute Gasteiger partial charge is 0.0613 e. The van der Waals surface area contributed by atoms with Crippen molar-refractivity contribution < 1.29 is 9.84 Å². The Kier molecular flexibility index (Phi) is 2.87. The Bertz CT molecular complexity index is 129. The Morgan fingerprint density at radius 2 is 2.45 bits per heavy atom. The Hall–Kier alpha value is -0.120. The highest BCUT2D eigenvalue weighted by Crippen LogP contribution is 2.23. The van der Waals surface area contributed by atoms with E-state index in [1.54, 1.807) is 0 Å². The van der Waals surface area contributed by atoms with Gasteiger partial charge in [0, 0.05) is 12.1 Å². The van der Waals surface area contributed by atoms with Crippen LogP contribution in [0.4, 0.5) is 0 Å². The minimum Gasteiger partial charge on any atom is -0.394 e. The van der Waals surface area contributed by atoms with Gasteiger partial charge in [-0.25, -0.2) is 0 Å². The van der Waals surface area contributed by atoms with E-state index in [4.69, 9.17) is 15.6 Å². The molecule has 1 aliphatic heterocycles. The van der Waals surface area contributed by atoms with E-state index >= 15 is 0 Å². The second kappa shape index (κ2) is 3.52. The molecule has 0 spiro atoms. The van der Waals surface area contributed by atoms with Crippen LogP contribution in [0.3, 0.4) is 0 Å². The third-order valence-electron chi connectivity index (χ3n) is 2.36. The van der Waals surface area contributed by atoms with Crippen molar-refractivity contribution in [1.82, 2.24) is 0 Å². The van der Waals surface area contributed by atoms with Gasteiger partial charge in [0.15, 0.2) is 0 Å². The SMILES string of the molecule is CCC1CC(N)(CO)CCO1. The molecule has 3 nitrogen and oxygen atoms in total.